The van der Waals surface area contributed by atoms with Gasteiger partial charge in [0.25, 0.3) is 5.91 Å². The molecule has 134 valence electrons. The lowest BCUT2D eigenvalue weighted by molar-refractivity contribution is 0.0953. The van der Waals surface area contributed by atoms with Crippen molar-refractivity contribution in [1.29, 1.82) is 0 Å². The third-order valence-electron chi connectivity index (χ3n) is 4.28. The van der Waals surface area contributed by atoms with Gasteiger partial charge in [-0.15, -0.1) is 0 Å². The summed E-state index contributed by atoms with van der Waals surface area (Å²) in [7, 11) is -1.49. The van der Waals surface area contributed by atoms with Crippen molar-refractivity contribution in [2.75, 3.05) is 39.8 Å². The van der Waals surface area contributed by atoms with E-state index in [0.717, 1.165) is 32.4 Å². The van der Waals surface area contributed by atoms with Crippen LogP contribution in [0, 0.1) is 0 Å². The second-order valence-corrected chi connectivity index (χ2v) is 8.13. The van der Waals surface area contributed by atoms with Crippen LogP contribution in [0.25, 0.3) is 0 Å². The van der Waals surface area contributed by atoms with Crippen molar-refractivity contribution in [2.45, 2.75) is 31.1 Å². The van der Waals surface area contributed by atoms with E-state index in [0.29, 0.717) is 25.2 Å². The van der Waals surface area contributed by atoms with Crippen molar-refractivity contribution >= 4 is 15.9 Å². The van der Waals surface area contributed by atoms with Gasteiger partial charge in [-0.1, -0.05) is 19.8 Å². The lowest BCUT2D eigenvalue weighted by Crippen LogP contribution is -2.47. The van der Waals surface area contributed by atoms with Crippen molar-refractivity contribution in [3.8, 4) is 0 Å². The van der Waals surface area contributed by atoms with E-state index in [1.165, 1.54) is 16.4 Å². The van der Waals surface area contributed by atoms with Gasteiger partial charge < -0.3 is 10.2 Å². The van der Waals surface area contributed by atoms with E-state index in [4.69, 9.17) is 0 Å². The Morgan fingerprint density at radius 1 is 1.08 bits per heavy atom. The van der Waals surface area contributed by atoms with Gasteiger partial charge in [-0.3, -0.25) is 4.79 Å². The number of unbranched alkanes of at least 4 members (excludes halogenated alkanes) is 2. The minimum absolute atomic E-state index is 0.158. The Hall–Kier alpha value is -1.44. The summed E-state index contributed by atoms with van der Waals surface area (Å²) < 4.78 is 26.8. The van der Waals surface area contributed by atoms with Gasteiger partial charge in [0.05, 0.1) is 4.90 Å². The highest BCUT2D eigenvalue weighted by Gasteiger charge is 2.27. The van der Waals surface area contributed by atoms with Gasteiger partial charge in [-0.2, -0.15) is 4.31 Å². The number of hydrogen-bond acceptors (Lipinski definition) is 4. The van der Waals surface area contributed by atoms with Crippen LogP contribution in [-0.4, -0.2) is 63.3 Å². The van der Waals surface area contributed by atoms with Crippen LogP contribution in [0.15, 0.2) is 29.2 Å². The maximum atomic E-state index is 12.6. The average molecular weight is 353 g/mol. The van der Waals surface area contributed by atoms with Crippen LogP contribution in [0.4, 0.5) is 0 Å². The third-order valence-corrected chi connectivity index (χ3v) is 6.20. The summed E-state index contributed by atoms with van der Waals surface area (Å²) in [5, 5.41) is 2.86. The predicted molar refractivity (Wildman–Crippen MR) is 94.6 cm³/mol. The summed E-state index contributed by atoms with van der Waals surface area (Å²) in [6, 6.07) is 6.21. The molecule has 0 radical (unpaired) electrons. The van der Waals surface area contributed by atoms with E-state index in [1.54, 1.807) is 12.1 Å². The Morgan fingerprint density at radius 2 is 1.71 bits per heavy atom. The molecule has 6 nitrogen and oxygen atoms in total. The molecule has 1 aromatic carbocycles. The maximum absolute atomic E-state index is 12.6. The smallest absolute Gasteiger partial charge is 0.251 e. The zero-order chi connectivity index (χ0) is 17.6. The summed E-state index contributed by atoms with van der Waals surface area (Å²) in [5.41, 5.74) is 0.490. The third kappa shape index (κ3) is 4.78. The van der Waals surface area contributed by atoms with Gasteiger partial charge in [-0.05, 0) is 37.7 Å². The summed E-state index contributed by atoms with van der Waals surface area (Å²) >= 11 is 0. The van der Waals surface area contributed by atoms with Crippen LogP contribution >= 0.6 is 0 Å². The first-order valence-corrected chi connectivity index (χ1v) is 9.96. The summed E-state index contributed by atoms with van der Waals surface area (Å²) in [6.07, 6.45) is 3.15. The molecule has 0 bridgehead atoms. The lowest BCUT2D eigenvalue weighted by atomic mass is 10.2. The summed E-state index contributed by atoms with van der Waals surface area (Å²) in [4.78, 5) is 14.4. The van der Waals surface area contributed by atoms with Crippen LogP contribution in [0.3, 0.4) is 0 Å². The molecule has 0 unspecified atom stereocenters. The van der Waals surface area contributed by atoms with Crippen LogP contribution in [0.2, 0.25) is 0 Å². The average Bonchev–Trinajstić information content (AvgIpc) is 2.59. The van der Waals surface area contributed by atoms with Crippen molar-refractivity contribution < 1.29 is 13.2 Å². The monoisotopic (exact) mass is 353 g/mol. The van der Waals surface area contributed by atoms with Crippen molar-refractivity contribution in [1.82, 2.24) is 14.5 Å². The highest BCUT2D eigenvalue weighted by molar-refractivity contribution is 7.89. The minimum Gasteiger partial charge on any atom is -0.352 e. The van der Waals surface area contributed by atoms with Gasteiger partial charge in [-0.25, -0.2) is 8.42 Å². The number of carbonyl (C=O) groups excluding carboxylic acids is 1. The van der Waals surface area contributed by atoms with Gasteiger partial charge in [0.15, 0.2) is 0 Å². The summed E-state index contributed by atoms with van der Waals surface area (Å²) in [6.45, 7) is 5.22. The standard InChI is InChI=1S/C17H27N3O3S/c1-3-4-5-10-18-17(21)15-6-8-16(9-7-15)24(22,23)20-13-11-19(2)12-14-20/h6-9H,3-5,10-14H2,1-2H3,(H,18,21). The number of sulfonamides is 1. The first kappa shape index (κ1) is 18.9. The molecule has 1 amide bonds. The first-order valence-electron chi connectivity index (χ1n) is 8.52. The van der Waals surface area contributed by atoms with E-state index in [9.17, 15) is 13.2 Å². The molecule has 0 saturated carbocycles. The maximum Gasteiger partial charge on any atom is 0.251 e. The molecule has 1 N–H and O–H groups in total. The molecule has 7 heteroatoms. The Bertz CT molecular complexity index is 636. The molecular weight excluding hydrogens is 326 g/mol. The quantitative estimate of drug-likeness (QED) is 0.755. The SMILES string of the molecule is CCCCCNC(=O)c1ccc(S(=O)(=O)N2CCN(C)CC2)cc1. The molecule has 0 aliphatic carbocycles. The van der Waals surface area contributed by atoms with Crippen LogP contribution in [0.5, 0.6) is 0 Å². The Morgan fingerprint density at radius 3 is 2.29 bits per heavy atom. The molecule has 1 heterocycles. The Balaban J connectivity index is 1.99. The topological polar surface area (TPSA) is 69.7 Å². The van der Waals surface area contributed by atoms with E-state index >= 15 is 0 Å². The zero-order valence-electron chi connectivity index (χ0n) is 14.5. The molecule has 1 aliphatic rings. The van der Waals surface area contributed by atoms with Gasteiger partial charge in [0.1, 0.15) is 0 Å². The van der Waals surface area contributed by atoms with E-state index in [-0.39, 0.29) is 10.8 Å². The number of nitrogens with zero attached hydrogens (tertiary/aromatic N) is 2. The largest absolute Gasteiger partial charge is 0.352 e. The molecule has 1 saturated heterocycles. The molecule has 0 atom stereocenters. The molecule has 1 aliphatic heterocycles. The number of carbonyl (C=O) groups is 1. The van der Waals surface area contributed by atoms with E-state index in [2.05, 4.69) is 17.1 Å². The molecule has 2 rings (SSSR count). The number of rotatable bonds is 7. The number of hydrogen-bond donors (Lipinski definition) is 1. The summed E-state index contributed by atoms with van der Waals surface area (Å²) in [5.74, 6) is -0.158. The molecule has 0 spiro atoms. The van der Waals surface area contributed by atoms with Crippen LogP contribution < -0.4 is 5.32 Å². The number of nitrogens with one attached hydrogen (secondary N) is 1. The van der Waals surface area contributed by atoms with Crippen LogP contribution in [0.1, 0.15) is 36.5 Å². The number of likely N-dealkylation sites (N-methyl/N-ethyl adjacent to an activating group) is 1. The van der Waals surface area contributed by atoms with Gasteiger partial charge in [0, 0.05) is 38.3 Å². The zero-order valence-corrected chi connectivity index (χ0v) is 15.3. The normalized spacial score (nSPS) is 16.9. The molecule has 24 heavy (non-hydrogen) atoms. The van der Waals surface area contributed by atoms with E-state index < -0.39 is 10.0 Å². The van der Waals surface area contributed by atoms with Gasteiger partial charge >= 0.3 is 0 Å². The predicted octanol–water partition coefficient (Wildman–Crippen LogP) is 1.54. The molecule has 1 fully saturated rings. The fourth-order valence-electron chi connectivity index (χ4n) is 2.63. The lowest BCUT2D eigenvalue weighted by Gasteiger charge is -2.31. The molecule has 0 aromatic heterocycles. The van der Waals surface area contributed by atoms with Crippen molar-refractivity contribution in [3.05, 3.63) is 29.8 Å². The molecule has 1 aromatic rings. The van der Waals surface area contributed by atoms with Crippen molar-refractivity contribution in [2.24, 2.45) is 0 Å². The highest BCUT2D eigenvalue weighted by atomic mass is 32.2. The Labute approximate surface area is 144 Å². The molecular formula is C17H27N3O3S. The first-order chi connectivity index (χ1) is 11.4. The highest BCUT2D eigenvalue weighted by Crippen LogP contribution is 2.18. The van der Waals surface area contributed by atoms with E-state index in [1.807, 2.05) is 7.05 Å². The van der Waals surface area contributed by atoms with Crippen LogP contribution in [-0.2, 0) is 10.0 Å². The minimum atomic E-state index is -3.48. The second kappa shape index (κ2) is 8.60. The fraction of sp³-hybridized carbons (Fsp3) is 0.588. The number of amides is 1. The Kier molecular flexibility index (Phi) is 6.77. The van der Waals surface area contributed by atoms with Crippen molar-refractivity contribution in [3.63, 3.8) is 0 Å². The fourth-order valence-corrected chi connectivity index (χ4v) is 4.06. The second-order valence-electron chi connectivity index (χ2n) is 6.19. The number of benzene rings is 1. The number of piperazine rings is 1. The van der Waals surface area contributed by atoms with Gasteiger partial charge in [0.2, 0.25) is 10.0 Å².